The molecule has 0 saturated heterocycles. The summed E-state index contributed by atoms with van der Waals surface area (Å²) in [5, 5.41) is 0. The second-order valence-corrected chi connectivity index (χ2v) is 6.57. The molecule has 0 radical (unpaired) electrons. The third-order valence-electron chi connectivity index (χ3n) is 2.86. The molecule has 1 aromatic carbocycles. The van der Waals surface area contributed by atoms with Gasteiger partial charge >= 0.3 is 0 Å². The minimum atomic E-state index is 0.287. The van der Waals surface area contributed by atoms with Gasteiger partial charge in [0.15, 0.2) is 5.82 Å². The lowest BCUT2D eigenvalue weighted by Crippen LogP contribution is -2.06. The van der Waals surface area contributed by atoms with Gasteiger partial charge in [-0.3, -0.25) is 0 Å². The molecule has 0 unspecified atom stereocenters. The molecule has 0 bridgehead atoms. The molecule has 0 fully saturated rings. The average Bonchev–Trinajstić information content (AvgIpc) is 2.42. The number of nitrogens with zero attached hydrogens (tertiary/aromatic N) is 2. The van der Waals surface area contributed by atoms with Crippen LogP contribution in [0.2, 0.25) is 0 Å². The van der Waals surface area contributed by atoms with Gasteiger partial charge in [0.05, 0.1) is 16.4 Å². The smallest absolute Gasteiger partial charge is 0.163 e. The molecular formula is C14H15BrIN3O. The molecule has 0 aliphatic carbocycles. The quantitative estimate of drug-likeness (QED) is 0.715. The predicted octanol–water partition coefficient (Wildman–Crippen LogP) is 4.22. The van der Waals surface area contributed by atoms with E-state index < -0.39 is 0 Å². The van der Waals surface area contributed by atoms with Gasteiger partial charge < -0.3 is 10.5 Å². The number of benzene rings is 1. The summed E-state index contributed by atoms with van der Waals surface area (Å²) in [4.78, 5) is 9.05. The molecule has 2 rings (SSSR count). The first kappa shape index (κ1) is 15.5. The van der Waals surface area contributed by atoms with Crippen molar-refractivity contribution in [2.75, 3.05) is 12.8 Å². The van der Waals surface area contributed by atoms with Crippen molar-refractivity contribution in [1.29, 1.82) is 0 Å². The lowest BCUT2D eigenvalue weighted by molar-refractivity contribution is 0.415. The Kier molecular flexibility index (Phi) is 4.85. The van der Waals surface area contributed by atoms with E-state index in [1.54, 1.807) is 7.11 Å². The predicted molar refractivity (Wildman–Crippen MR) is 92.9 cm³/mol. The van der Waals surface area contributed by atoms with Crippen molar-refractivity contribution in [2.24, 2.45) is 0 Å². The van der Waals surface area contributed by atoms with Crippen molar-refractivity contribution in [3.63, 3.8) is 0 Å². The lowest BCUT2D eigenvalue weighted by Gasteiger charge is -2.13. The van der Waals surface area contributed by atoms with Crippen LogP contribution in [0.15, 0.2) is 22.7 Å². The first-order chi connectivity index (χ1) is 9.43. The van der Waals surface area contributed by atoms with Gasteiger partial charge in [-0.25, -0.2) is 9.97 Å². The fourth-order valence-electron chi connectivity index (χ4n) is 1.79. The Hall–Kier alpha value is -0.890. The Morgan fingerprint density at radius 1 is 1.30 bits per heavy atom. The number of methoxy groups -OCH3 is 1. The third-order valence-corrected chi connectivity index (χ3v) is 4.66. The number of hydrogen-bond donors (Lipinski definition) is 1. The van der Waals surface area contributed by atoms with Gasteiger partial charge in [0, 0.05) is 10.0 Å². The van der Waals surface area contributed by atoms with Crippen molar-refractivity contribution in [3.8, 4) is 17.1 Å². The highest BCUT2D eigenvalue weighted by Crippen LogP contribution is 2.32. The van der Waals surface area contributed by atoms with Gasteiger partial charge in [-0.15, -0.1) is 0 Å². The molecule has 106 valence electrons. The van der Waals surface area contributed by atoms with E-state index in [4.69, 9.17) is 10.5 Å². The maximum absolute atomic E-state index is 6.01. The molecule has 0 aliphatic heterocycles. The Labute approximate surface area is 140 Å². The number of nitrogen functional groups attached to an aromatic ring is 1. The Morgan fingerprint density at radius 3 is 2.60 bits per heavy atom. The van der Waals surface area contributed by atoms with Crippen LogP contribution in [-0.2, 0) is 0 Å². The number of aromatic nitrogens is 2. The number of rotatable bonds is 3. The highest BCUT2D eigenvalue weighted by atomic mass is 127. The highest BCUT2D eigenvalue weighted by Gasteiger charge is 2.16. The summed E-state index contributed by atoms with van der Waals surface area (Å²) in [6.45, 7) is 4.18. The van der Waals surface area contributed by atoms with Crippen LogP contribution in [-0.4, -0.2) is 17.1 Å². The first-order valence-corrected chi connectivity index (χ1v) is 7.98. The second-order valence-electron chi connectivity index (χ2n) is 4.63. The number of anilines is 1. The fourth-order valence-corrected chi connectivity index (χ4v) is 3.08. The maximum Gasteiger partial charge on any atom is 0.163 e. The van der Waals surface area contributed by atoms with Crippen LogP contribution in [0.1, 0.15) is 25.5 Å². The molecule has 0 atom stereocenters. The molecule has 0 saturated carbocycles. The van der Waals surface area contributed by atoms with E-state index in [1.165, 1.54) is 0 Å². The van der Waals surface area contributed by atoms with Crippen LogP contribution >= 0.6 is 38.5 Å². The fraction of sp³-hybridized carbons (Fsp3) is 0.286. The summed E-state index contributed by atoms with van der Waals surface area (Å²) in [5.41, 5.74) is 7.84. The summed E-state index contributed by atoms with van der Waals surface area (Å²) in [5.74, 6) is 2.16. The number of ether oxygens (including phenoxy) is 1. The Bertz CT molecular complexity index is 647. The van der Waals surface area contributed by atoms with E-state index in [0.717, 1.165) is 25.0 Å². The molecule has 1 aromatic heterocycles. The van der Waals surface area contributed by atoms with Crippen molar-refractivity contribution in [2.45, 2.75) is 19.8 Å². The standard InChI is InChI=1S/C14H15BrIN3O/c1-7(2)12-11(16)13(17)19-14(18-12)9-6-8(20-3)4-5-10(9)15/h4-7H,1-3H3,(H2,17,18,19). The molecule has 2 aromatic rings. The second kappa shape index (κ2) is 6.26. The molecule has 0 spiro atoms. The van der Waals surface area contributed by atoms with Gasteiger partial charge in [-0.05, 0) is 46.7 Å². The van der Waals surface area contributed by atoms with Crippen molar-refractivity contribution >= 4 is 44.3 Å². The van der Waals surface area contributed by atoms with Gasteiger partial charge in [-0.2, -0.15) is 0 Å². The summed E-state index contributed by atoms with van der Waals surface area (Å²) >= 11 is 5.72. The highest BCUT2D eigenvalue weighted by molar-refractivity contribution is 14.1. The van der Waals surface area contributed by atoms with Crippen LogP contribution in [0.5, 0.6) is 5.75 Å². The molecule has 1 heterocycles. The van der Waals surface area contributed by atoms with E-state index in [0.29, 0.717) is 11.6 Å². The molecule has 4 nitrogen and oxygen atoms in total. The molecule has 2 N–H and O–H groups in total. The van der Waals surface area contributed by atoms with E-state index in [2.05, 4.69) is 62.3 Å². The number of nitrogens with two attached hydrogens (primary N) is 1. The molecule has 0 aliphatic rings. The van der Waals surface area contributed by atoms with Gasteiger partial charge in [0.25, 0.3) is 0 Å². The van der Waals surface area contributed by atoms with E-state index in [-0.39, 0.29) is 5.92 Å². The summed E-state index contributed by atoms with van der Waals surface area (Å²) in [6, 6.07) is 5.70. The van der Waals surface area contributed by atoms with Crippen LogP contribution in [0.3, 0.4) is 0 Å². The zero-order valence-corrected chi connectivity index (χ0v) is 15.2. The minimum absolute atomic E-state index is 0.287. The first-order valence-electron chi connectivity index (χ1n) is 6.10. The number of halogens is 2. The molecular weight excluding hydrogens is 433 g/mol. The van der Waals surface area contributed by atoms with Crippen LogP contribution in [0.4, 0.5) is 5.82 Å². The zero-order chi connectivity index (χ0) is 14.9. The van der Waals surface area contributed by atoms with Gasteiger partial charge in [0.1, 0.15) is 11.6 Å². The van der Waals surface area contributed by atoms with Crippen LogP contribution in [0.25, 0.3) is 11.4 Å². The monoisotopic (exact) mass is 447 g/mol. The van der Waals surface area contributed by atoms with Crippen molar-refractivity contribution in [3.05, 3.63) is 31.9 Å². The van der Waals surface area contributed by atoms with Crippen LogP contribution in [0, 0.1) is 3.57 Å². The van der Waals surface area contributed by atoms with E-state index >= 15 is 0 Å². The zero-order valence-electron chi connectivity index (χ0n) is 11.4. The Morgan fingerprint density at radius 2 is 2.00 bits per heavy atom. The topological polar surface area (TPSA) is 61.0 Å². The maximum atomic E-state index is 6.01. The molecule has 20 heavy (non-hydrogen) atoms. The molecule has 6 heteroatoms. The average molecular weight is 448 g/mol. The van der Waals surface area contributed by atoms with Gasteiger partial charge in [0.2, 0.25) is 0 Å². The lowest BCUT2D eigenvalue weighted by atomic mass is 10.1. The SMILES string of the molecule is COc1ccc(Br)c(-c2nc(N)c(I)c(C(C)C)n2)c1. The van der Waals surface area contributed by atoms with E-state index in [1.807, 2.05) is 18.2 Å². The Balaban J connectivity index is 2.64. The number of hydrogen-bond acceptors (Lipinski definition) is 4. The van der Waals surface area contributed by atoms with Crippen molar-refractivity contribution in [1.82, 2.24) is 9.97 Å². The largest absolute Gasteiger partial charge is 0.497 e. The van der Waals surface area contributed by atoms with Crippen molar-refractivity contribution < 1.29 is 4.74 Å². The molecule has 0 amide bonds. The summed E-state index contributed by atoms with van der Waals surface area (Å²) in [6.07, 6.45) is 0. The van der Waals surface area contributed by atoms with E-state index in [9.17, 15) is 0 Å². The summed E-state index contributed by atoms with van der Waals surface area (Å²) in [7, 11) is 1.63. The minimum Gasteiger partial charge on any atom is -0.497 e. The normalized spacial score (nSPS) is 10.9. The van der Waals surface area contributed by atoms with Gasteiger partial charge in [-0.1, -0.05) is 29.8 Å². The van der Waals surface area contributed by atoms with Crippen LogP contribution < -0.4 is 10.5 Å². The third kappa shape index (κ3) is 3.06. The summed E-state index contributed by atoms with van der Waals surface area (Å²) < 4.78 is 7.08.